The van der Waals surface area contributed by atoms with E-state index in [2.05, 4.69) is 25.1 Å². The standard InChI is InChI=1S/C34H47N5O5.C32H43N5O5.Na.H2O/c1-2-43-32(41)15-14-29(37-44-21-31(35)40)33-34(42)39(30-13-6-5-12-28(30)36-33)27-19-24-10-7-11-25(20-27)38(24)26-17-22-8-3-4-9-23(16-22)18-26;33-29(38)19-42-35-27(12-13-30(39)40)31-32(41)37(28-11-4-3-10-26(28)34-31)25-17-22-8-5-9-23(18-25)36(22)24-15-20-6-1-2-7-21(14-20)16-24;;/h5-6,12-13,22-27H,2-4,7-11,14-21H2,1H3,(H2,35,40);3-4,10-11,20-25H,1-2,5-9,12-19H2,(H2,33,38)(H,39,40);;1H2/q;;+1;/p-1/b37-29+;35-27+;;/t22?,23?,24-,25+,26?,27?;20?,21?,22-,23+,24?,25?;;. The zero-order valence-electron chi connectivity index (χ0n) is 51.8. The molecule has 472 valence electrons. The van der Waals surface area contributed by atoms with Crippen LogP contribution < -0.4 is 52.1 Å². The number of benzene rings is 2. The van der Waals surface area contributed by atoms with Crippen LogP contribution in [0.5, 0.6) is 0 Å². The molecule has 88 heavy (non-hydrogen) atoms. The molecule has 12 rings (SSSR count). The first-order chi connectivity index (χ1) is 41.8. The van der Waals surface area contributed by atoms with Gasteiger partial charge in [0, 0.05) is 61.2 Å². The number of carboxylic acids is 1. The molecular formula is C66H91N10NaO11. The van der Waals surface area contributed by atoms with Gasteiger partial charge in [-0.3, -0.25) is 38.6 Å². The number of para-hydroxylation sites is 4. The van der Waals surface area contributed by atoms with Gasteiger partial charge < -0.3 is 45.6 Å². The number of hydrogen-bond acceptors (Lipinski definition) is 16. The van der Waals surface area contributed by atoms with Gasteiger partial charge in [0.2, 0.25) is 0 Å². The molecule has 8 fully saturated rings. The van der Waals surface area contributed by atoms with Crippen molar-refractivity contribution < 1.29 is 73.7 Å². The monoisotopic (exact) mass is 1220 g/mol. The SMILES string of the molecule is CCOC(=O)CC/C(=N\OCC(N)=O)c1nc2ccccc2n(C2C[C@H]3CCC[C@@H](C2)N3C2CC3CCCCC(C3)C2)c1=O.NC(=O)CO/N=C(\CCC(=O)O)c1nc2ccccc2n(C2C[C@H]3CCC[C@@H](C2)N3C2CC3CCCCC(C3)C2)c1=O.[Na+].[OH-]. The maximum atomic E-state index is 14.4. The molecule has 4 aromatic rings. The Kier molecular flexibility index (Phi) is 23.5. The van der Waals surface area contributed by atoms with Crippen LogP contribution >= 0.6 is 0 Å². The molecule has 2 aromatic heterocycles. The Labute approximate surface area is 537 Å². The van der Waals surface area contributed by atoms with Gasteiger partial charge in [-0.2, -0.15) is 0 Å². The van der Waals surface area contributed by atoms with Crippen LogP contribution in [0.3, 0.4) is 0 Å². The van der Waals surface area contributed by atoms with Crippen LogP contribution in [0.1, 0.15) is 210 Å². The van der Waals surface area contributed by atoms with E-state index in [0.717, 1.165) is 73.2 Å². The molecule has 0 radical (unpaired) electrons. The fourth-order valence-electron chi connectivity index (χ4n) is 17.5. The molecule has 8 bridgehead atoms. The van der Waals surface area contributed by atoms with Gasteiger partial charge in [0.15, 0.2) is 24.6 Å². The zero-order chi connectivity index (χ0) is 59.8. The summed E-state index contributed by atoms with van der Waals surface area (Å²) < 4.78 is 8.94. The number of nitrogens with two attached hydrogens (primary N) is 2. The summed E-state index contributed by atoms with van der Waals surface area (Å²) in [7, 11) is 0. The summed E-state index contributed by atoms with van der Waals surface area (Å²) in [5.74, 6) is 0.652. The molecule has 0 spiro atoms. The molecule has 6 N–H and O–H groups in total. The Morgan fingerprint density at radius 3 is 1.25 bits per heavy atom. The van der Waals surface area contributed by atoms with Crippen molar-refractivity contribution in [3.8, 4) is 0 Å². The van der Waals surface area contributed by atoms with Crippen molar-refractivity contribution in [1.82, 2.24) is 28.9 Å². The minimum Gasteiger partial charge on any atom is -0.870 e. The number of piperidine rings is 4. The van der Waals surface area contributed by atoms with E-state index in [4.69, 9.17) is 30.9 Å². The van der Waals surface area contributed by atoms with Gasteiger partial charge in [-0.15, -0.1) is 0 Å². The number of ether oxygens (including phenoxy) is 1. The second kappa shape index (κ2) is 31.0. The number of carbonyl (C=O) groups is 4. The van der Waals surface area contributed by atoms with E-state index >= 15 is 0 Å². The first-order valence-electron chi connectivity index (χ1n) is 32.7. The van der Waals surface area contributed by atoms with Crippen LogP contribution in [0, 0.1) is 23.7 Å². The van der Waals surface area contributed by atoms with Crippen molar-refractivity contribution in [2.75, 3.05) is 19.8 Å². The molecule has 22 heteroatoms. The minimum absolute atomic E-state index is 0. The number of oxime groups is 2. The van der Waals surface area contributed by atoms with Crippen LogP contribution in [0.2, 0.25) is 0 Å². The molecule has 4 saturated heterocycles. The molecule has 4 saturated carbocycles. The predicted octanol–water partition coefficient (Wildman–Crippen LogP) is 6.07. The van der Waals surface area contributed by atoms with E-state index in [1.54, 1.807) is 6.92 Å². The summed E-state index contributed by atoms with van der Waals surface area (Å²) in [5.41, 5.74) is 13.4. The molecule has 4 aliphatic heterocycles. The number of aliphatic carboxylic acids is 1. The Balaban J connectivity index is 0.000000205. The maximum absolute atomic E-state index is 14.4. The Bertz CT molecular complexity index is 3230. The quantitative estimate of drug-likeness (QED) is 0.0415. The number of amides is 2. The van der Waals surface area contributed by atoms with E-state index in [0.29, 0.717) is 47.3 Å². The molecule has 2 amide bonds. The van der Waals surface area contributed by atoms with Crippen LogP contribution in [-0.4, -0.2) is 131 Å². The molecule has 6 unspecified atom stereocenters. The number of nitrogens with zero attached hydrogens (tertiary/aromatic N) is 8. The smallest absolute Gasteiger partial charge is 0.870 e. The van der Waals surface area contributed by atoms with E-state index in [1.165, 1.54) is 116 Å². The van der Waals surface area contributed by atoms with Crippen molar-refractivity contribution in [3.63, 3.8) is 0 Å². The second-order valence-electron chi connectivity index (χ2n) is 26.4. The van der Waals surface area contributed by atoms with E-state index < -0.39 is 37.0 Å². The number of esters is 1. The van der Waals surface area contributed by atoms with Gasteiger partial charge in [0.25, 0.3) is 22.9 Å². The topological polar surface area (TPSA) is 299 Å². The van der Waals surface area contributed by atoms with Gasteiger partial charge in [-0.1, -0.05) is 98.8 Å². The van der Waals surface area contributed by atoms with E-state index in [-0.39, 0.29) is 113 Å². The molecule has 21 nitrogen and oxygen atoms in total. The number of carboxylic acid groups (broad SMARTS) is 1. The first kappa shape index (κ1) is 66.8. The fraction of sp³-hybridized carbons (Fsp3) is 0.667. The number of carbonyl (C=O) groups excluding carboxylic acids is 3. The summed E-state index contributed by atoms with van der Waals surface area (Å²) in [4.78, 5) is 100. The van der Waals surface area contributed by atoms with Crippen LogP contribution in [0.4, 0.5) is 0 Å². The van der Waals surface area contributed by atoms with Gasteiger partial charge in [-0.25, -0.2) is 9.97 Å². The maximum Gasteiger partial charge on any atom is 1.00 e. The van der Waals surface area contributed by atoms with Crippen molar-refractivity contribution in [2.24, 2.45) is 45.5 Å². The molecule has 4 aliphatic carbocycles. The predicted molar refractivity (Wildman–Crippen MR) is 329 cm³/mol. The third-order valence-electron chi connectivity index (χ3n) is 20.6. The Morgan fingerprint density at radius 1 is 0.511 bits per heavy atom. The summed E-state index contributed by atoms with van der Waals surface area (Å²) in [5, 5.41) is 17.4. The minimum atomic E-state index is -1.03. The molecule has 8 aliphatic rings. The van der Waals surface area contributed by atoms with E-state index in [1.807, 2.05) is 57.7 Å². The summed E-state index contributed by atoms with van der Waals surface area (Å²) in [6, 6.07) is 18.6. The number of aromatic nitrogens is 4. The molecule has 10 atom stereocenters. The Morgan fingerprint density at radius 2 is 0.886 bits per heavy atom. The third-order valence-corrected chi connectivity index (χ3v) is 20.6. The second-order valence-corrected chi connectivity index (χ2v) is 26.4. The largest absolute Gasteiger partial charge is 1.00 e. The van der Waals surface area contributed by atoms with E-state index in [9.17, 15) is 33.9 Å². The number of rotatable bonds is 19. The Hall–Kier alpha value is -5.58. The van der Waals surface area contributed by atoms with Crippen LogP contribution in [0.25, 0.3) is 22.1 Å². The van der Waals surface area contributed by atoms with Gasteiger partial charge in [0.05, 0.1) is 41.5 Å². The van der Waals surface area contributed by atoms with Crippen molar-refractivity contribution >= 4 is 57.2 Å². The van der Waals surface area contributed by atoms with Gasteiger partial charge in [-0.05, 0) is 145 Å². The van der Waals surface area contributed by atoms with Crippen LogP contribution in [-0.2, 0) is 33.6 Å². The van der Waals surface area contributed by atoms with Gasteiger partial charge in [0.1, 0.15) is 11.4 Å². The molecule has 2 aromatic carbocycles. The van der Waals surface area contributed by atoms with Crippen molar-refractivity contribution in [3.05, 3.63) is 80.6 Å². The van der Waals surface area contributed by atoms with Crippen LogP contribution in [0.15, 0.2) is 68.4 Å². The zero-order valence-corrected chi connectivity index (χ0v) is 53.8. The van der Waals surface area contributed by atoms with Crippen molar-refractivity contribution in [1.29, 1.82) is 0 Å². The molecule has 6 heterocycles. The average molecular weight is 1220 g/mol. The van der Waals surface area contributed by atoms with Gasteiger partial charge >= 0.3 is 41.5 Å². The average Bonchev–Trinajstić information content (AvgIpc) is 1.55. The summed E-state index contributed by atoms with van der Waals surface area (Å²) in [6.07, 6.45) is 29.9. The molecular weight excluding hydrogens is 1130 g/mol. The summed E-state index contributed by atoms with van der Waals surface area (Å²) in [6.45, 7) is 1.10. The number of fused-ring (bicyclic) bond motifs is 10. The normalized spacial score (nSPS) is 28.9. The third kappa shape index (κ3) is 15.8. The van der Waals surface area contributed by atoms with Crippen molar-refractivity contribution in [2.45, 2.75) is 235 Å². The fourth-order valence-corrected chi connectivity index (χ4v) is 17.5. The number of primary amides is 2. The first-order valence-corrected chi connectivity index (χ1v) is 32.7. The number of hydrogen-bond donors (Lipinski definition) is 3. The summed E-state index contributed by atoms with van der Waals surface area (Å²) >= 11 is 0.